The van der Waals surface area contributed by atoms with Crippen molar-refractivity contribution in [3.8, 4) is 5.88 Å². The third-order valence-corrected chi connectivity index (χ3v) is 3.68. The zero-order valence-corrected chi connectivity index (χ0v) is 11.9. The van der Waals surface area contributed by atoms with E-state index < -0.39 is 11.8 Å². The molecule has 3 N–H and O–H groups in total. The average molecular weight is 307 g/mol. The van der Waals surface area contributed by atoms with E-state index in [-0.39, 0.29) is 24.6 Å². The smallest absolute Gasteiger partial charge is 0.253 e. The van der Waals surface area contributed by atoms with E-state index in [2.05, 4.69) is 10.1 Å². The van der Waals surface area contributed by atoms with Gasteiger partial charge >= 0.3 is 0 Å². The third kappa shape index (κ3) is 2.51. The molecule has 2 aromatic heterocycles. The van der Waals surface area contributed by atoms with Crippen molar-refractivity contribution in [2.24, 2.45) is 5.92 Å². The van der Waals surface area contributed by atoms with Crippen LogP contribution in [0, 0.1) is 11.3 Å². The molecular weight excluding hydrogens is 292 g/mol. The first-order valence-electron chi connectivity index (χ1n) is 6.70. The Bertz CT molecular complexity index is 728. The maximum Gasteiger partial charge on any atom is 0.253 e. The molecule has 116 valence electrons. The quantitative estimate of drug-likeness (QED) is 0.826. The fraction of sp³-hybridized carbons (Fsp3) is 0.357. The summed E-state index contributed by atoms with van der Waals surface area (Å²) in [5.74, 6) is -3.02. The maximum absolute atomic E-state index is 12.9. The number of nitrogen functional groups attached to an aromatic ring is 1. The number of nitrogens with one attached hydrogen (secondary N) is 1. The largest absolute Gasteiger partial charge is 0.480 e. The highest BCUT2D eigenvalue weighted by Gasteiger charge is 2.56. The van der Waals surface area contributed by atoms with Gasteiger partial charge in [0.25, 0.3) is 5.92 Å². The molecule has 8 heteroatoms. The van der Waals surface area contributed by atoms with E-state index in [4.69, 9.17) is 15.9 Å². The van der Waals surface area contributed by atoms with Crippen molar-refractivity contribution in [2.45, 2.75) is 18.9 Å². The molecule has 1 aliphatic rings. The summed E-state index contributed by atoms with van der Waals surface area (Å²) < 4.78 is 32.4. The molecule has 0 spiro atoms. The van der Waals surface area contributed by atoms with Gasteiger partial charge in [-0.3, -0.25) is 10.1 Å². The molecule has 1 aliphatic carbocycles. The van der Waals surface area contributed by atoms with Crippen molar-refractivity contribution >= 4 is 11.4 Å². The van der Waals surface area contributed by atoms with Crippen LogP contribution in [-0.2, 0) is 6.54 Å². The Morgan fingerprint density at radius 1 is 1.59 bits per heavy atom. The molecule has 6 nitrogen and oxygen atoms in total. The monoisotopic (exact) mass is 307 g/mol. The van der Waals surface area contributed by atoms with Crippen LogP contribution in [0.3, 0.4) is 0 Å². The minimum absolute atomic E-state index is 0.0938. The molecule has 2 heterocycles. The van der Waals surface area contributed by atoms with E-state index >= 15 is 0 Å². The number of rotatable bonds is 5. The van der Waals surface area contributed by atoms with Crippen LogP contribution in [0.1, 0.15) is 17.5 Å². The molecule has 0 radical (unpaired) electrons. The number of hydrogen-bond acceptors (Lipinski definition) is 5. The summed E-state index contributed by atoms with van der Waals surface area (Å²) in [5, 5.41) is 12.3. The third-order valence-electron chi connectivity index (χ3n) is 3.68. The summed E-state index contributed by atoms with van der Waals surface area (Å²) in [6.45, 7) is 0.139. The van der Waals surface area contributed by atoms with Crippen molar-refractivity contribution < 1.29 is 13.5 Å². The Hall–Kier alpha value is -2.51. The van der Waals surface area contributed by atoms with Gasteiger partial charge in [-0.05, 0) is 6.07 Å². The van der Waals surface area contributed by atoms with Gasteiger partial charge in [0.1, 0.15) is 0 Å². The zero-order chi connectivity index (χ0) is 15.9. The predicted molar refractivity (Wildman–Crippen MR) is 76.4 cm³/mol. The van der Waals surface area contributed by atoms with Gasteiger partial charge in [-0.1, -0.05) is 0 Å². The molecule has 0 aliphatic heterocycles. The Balaban J connectivity index is 1.83. The predicted octanol–water partition coefficient (Wildman–Crippen LogP) is 1.94. The fourth-order valence-electron chi connectivity index (χ4n) is 2.29. The first kappa shape index (κ1) is 14.4. The van der Waals surface area contributed by atoms with E-state index in [0.717, 1.165) is 0 Å². The Kier molecular flexibility index (Phi) is 3.31. The number of methoxy groups -OCH3 is 1. The molecule has 0 aromatic carbocycles. The Morgan fingerprint density at radius 3 is 2.95 bits per heavy atom. The van der Waals surface area contributed by atoms with Crippen LogP contribution in [0.5, 0.6) is 5.88 Å². The molecule has 0 bridgehead atoms. The molecule has 1 unspecified atom stereocenters. The Labute approximate surface area is 125 Å². The van der Waals surface area contributed by atoms with Crippen LogP contribution in [0.2, 0.25) is 0 Å². The lowest BCUT2D eigenvalue weighted by atomic mass is 10.1. The zero-order valence-electron chi connectivity index (χ0n) is 11.9. The van der Waals surface area contributed by atoms with E-state index in [0.29, 0.717) is 16.8 Å². The van der Waals surface area contributed by atoms with Crippen molar-refractivity contribution in [1.29, 1.82) is 5.41 Å². The van der Waals surface area contributed by atoms with Gasteiger partial charge < -0.3 is 10.5 Å². The summed E-state index contributed by atoms with van der Waals surface area (Å²) >= 11 is 0. The van der Waals surface area contributed by atoms with Crippen molar-refractivity contribution in [1.82, 2.24) is 14.8 Å². The highest BCUT2D eigenvalue weighted by Crippen LogP contribution is 2.49. The maximum atomic E-state index is 12.9. The van der Waals surface area contributed by atoms with Crippen molar-refractivity contribution in [3.05, 3.63) is 35.8 Å². The fourth-order valence-corrected chi connectivity index (χ4v) is 2.29. The molecule has 3 rings (SSSR count). The van der Waals surface area contributed by atoms with Crippen LogP contribution in [0.15, 0.2) is 24.7 Å². The Morgan fingerprint density at radius 2 is 2.32 bits per heavy atom. The molecule has 1 fully saturated rings. The summed E-state index contributed by atoms with van der Waals surface area (Å²) in [7, 11) is 1.44. The minimum Gasteiger partial charge on any atom is -0.480 e. The number of nitrogens with zero attached hydrogens (tertiary/aromatic N) is 3. The number of hydrogen-bond donors (Lipinski definition) is 2. The lowest BCUT2D eigenvalue weighted by Gasteiger charge is -2.09. The average Bonchev–Trinajstić information content (AvgIpc) is 2.88. The number of alkyl halides is 2. The highest BCUT2D eigenvalue weighted by atomic mass is 19.3. The van der Waals surface area contributed by atoms with E-state index in [1.54, 1.807) is 12.3 Å². The number of aromatic nitrogens is 3. The normalized spacial score (nSPS) is 19.0. The van der Waals surface area contributed by atoms with E-state index in [1.807, 2.05) is 0 Å². The molecule has 22 heavy (non-hydrogen) atoms. The summed E-state index contributed by atoms with van der Waals surface area (Å²) in [5.41, 5.74) is 7.17. The molecule has 0 amide bonds. The van der Waals surface area contributed by atoms with Crippen LogP contribution in [0.25, 0.3) is 0 Å². The number of anilines is 1. The van der Waals surface area contributed by atoms with Crippen LogP contribution < -0.4 is 10.5 Å². The summed E-state index contributed by atoms with van der Waals surface area (Å²) in [6, 6.07) is 1.57. The topological polar surface area (TPSA) is 89.8 Å². The molecule has 1 atom stereocenters. The van der Waals surface area contributed by atoms with Gasteiger partial charge in [0.05, 0.1) is 24.6 Å². The summed E-state index contributed by atoms with van der Waals surface area (Å²) in [4.78, 5) is 4.02. The second-order valence-electron chi connectivity index (χ2n) is 5.27. The second-order valence-corrected chi connectivity index (χ2v) is 5.27. The van der Waals surface area contributed by atoms with Gasteiger partial charge in [0.15, 0.2) is 0 Å². The minimum atomic E-state index is -2.59. The van der Waals surface area contributed by atoms with E-state index in [9.17, 15) is 8.78 Å². The van der Waals surface area contributed by atoms with Gasteiger partial charge in [0.2, 0.25) is 5.88 Å². The molecule has 0 saturated heterocycles. The number of nitrogens with two attached hydrogens (primary N) is 1. The van der Waals surface area contributed by atoms with E-state index in [1.165, 1.54) is 24.2 Å². The number of pyridine rings is 1. The first-order chi connectivity index (χ1) is 10.4. The number of halogens is 2. The lowest BCUT2D eigenvalue weighted by Crippen LogP contribution is -2.09. The lowest BCUT2D eigenvalue weighted by molar-refractivity contribution is 0.0942. The second kappa shape index (κ2) is 5.04. The van der Waals surface area contributed by atoms with Crippen LogP contribution >= 0.6 is 0 Å². The highest BCUT2D eigenvalue weighted by molar-refractivity contribution is 6.14. The van der Waals surface area contributed by atoms with Crippen LogP contribution in [-0.4, -0.2) is 33.5 Å². The standard InChI is InChI=1S/C14H15F2N5O/c1-22-13-11(10(17)2-3-19-13)12(18)8-5-20-21(6-8)7-9-4-14(9,15)16/h2-3,5-6,9,18H,4,7H2,1H3,(H2,17,19). The number of ether oxygens (including phenoxy) is 1. The van der Waals surface area contributed by atoms with Gasteiger partial charge in [-0.2, -0.15) is 5.10 Å². The summed E-state index contributed by atoms with van der Waals surface area (Å²) in [6.07, 6.45) is 4.39. The van der Waals surface area contributed by atoms with Crippen LogP contribution in [0.4, 0.5) is 14.5 Å². The molecule has 1 saturated carbocycles. The van der Waals surface area contributed by atoms with Crippen molar-refractivity contribution in [3.63, 3.8) is 0 Å². The SMILES string of the molecule is COc1nccc(N)c1C(=N)c1cnn(CC2CC2(F)F)c1. The van der Waals surface area contributed by atoms with Gasteiger partial charge in [-0.25, -0.2) is 13.8 Å². The van der Waals surface area contributed by atoms with Gasteiger partial charge in [0, 0.05) is 42.5 Å². The first-order valence-corrected chi connectivity index (χ1v) is 6.70. The van der Waals surface area contributed by atoms with Crippen molar-refractivity contribution in [2.75, 3.05) is 12.8 Å². The van der Waals surface area contributed by atoms with Gasteiger partial charge in [-0.15, -0.1) is 0 Å². The molecular formula is C14H15F2N5O. The molecule has 2 aromatic rings.